The van der Waals surface area contributed by atoms with E-state index in [-0.39, 0.29) is 18.4 Å². The number of benzene rings is 1. The maximum atomic E-state index is 5.72. The SMILES string of the molecule is C[C@H](N)Cc1ccc(Cl)cc1.Cl. The number of hydrogen-bond donors (Lipinski definition) is 1. The van der Waals surface area contributed by atoms with Crippen molar-refractivity contribution in [2.24, 2.45) is 5.73 Å². The first-order valence-electron chi connectivity index (χ1n) is 3.68. The standard InChI is InChI=1S/C9H12ClN.ClH/c1-7(11)6-8-2-4-9(10)5-3-8;/h2-5,7H,6,11H2,1H3;1H/t7-;/m0./s1. The molecule has 0 aliphatic heterocycles. The fourth-order valence-corrected chi connectivity index (χ4v) is 1.12. The molecule has 0 heterocycles. The van der Waals surface area contributed by atoms with Crippen molar-refractivity contribution in [3.8, 4) is 0 Å². The molecule has 0 unspecified atom stereocenters. The van der Waals surface area contributed by atoms with Gasteiger partial charge in [0.1, 0.15) is 0 Å². The van der Waals surface area contributed by atoms with E-state index < -0.39 is 0 Å². The van der Waals surface area contributed by atoms with Crippen LogP contribution in [0, 0.1) is 0 Å². The summed E-state index contributed by atoms with van der Waals surface area (Å²) in [7, 11) is 0. The fraction of sp³-hybridized carbons (Fsp3) is 0.333. The molecule has 0 amide bonds. The Morgan fingerprint density at radius 2 is 1.83 bits per heavy atom. The number of nitrogens with two attached hydrogens (primary N) is 1. The predicted octanol–water partition coefficient (Wildman–Crippen LogP) is 2.65. The van der Waals surface area contributed by atoms with E-state index in [2.05, 4.69) is 0 Å². The molecule has 1 rings (SSSR count). The van der Waals surface area contributed by atoms with Crippen molar-refractivity contribution in [1.82, 2.24) is 0 Å². The summed E-state index contributed by atoms with van der Waals surface area (Å²) in [5, 5.41) is 0.776. The van der Waals surface area contributed by atoms with E-state index >= 15 is 0 Å². The van der Waals surface area contributed by atoms with Crippen molar-refractivity contribution in [3.63, 3.8) is 0 Å². The zero-order valence-electron chi connectivity index (χ0n) is 6.96. The molecular weight excluding hydrogens is 193 g/mol. The van der Waals surface area contributed by atoms with Crippen LogP contribution < -0.4 is 5.73 Å². The Morgan fingerprint density at radius 1 is 1.33 bits per heavy atom. The van der Waals surface area contributed by atoms with Crippen LogP contribution in [0.2, 0.25) is 5.02 Å². The topological polar surface area (TPSA) is 26.0 Å². The highest BCUT2D eigenvalue weighted by Gasteiger charge is 1.96. The van der Waals surface area contributed by atoms with Crippen LogP contribution in [0.5, 0.6) is 0 Å². The molecule has 0 aliphatic carbocycles. The summed E-state index contributed by atoms with van der Waals surface area (Å²) in [6.45, 7) is 1.99. The summed E-state index contributed by atoms with van der Waals surface area (Å²) in [6.07, 6.45) is 0.914. The van der Waals surface area contributed by atoms with Crippen LogP contribution in [0.25, 0.3) is 0 Å². The molecule has 1 nitrogen and oxygen atoms in total. The van der Waals surface area contributed by atoms with Gasteiger partial charge >= 0.3 is 0 Å². The minimum Gasteiger partial charge on any atom is -0.328 e. The zero-order valence-corrected chi connectivity index (χ0v) is 8.53. The molecule has 0 saturated heterocycles. The van der Waals surface area contributed by atoms with Gasteiger partial charge in [0.05, 0.1) is 0 Å². The monoisotopic (exact) mass is 205 g/mol. The average molecular weight is 206 g/mol. The molecule has 0 fully saturated rings. The largest absolute Gasteiger partial charge is 0.328 e. The summed E-state index contributed by atoms with van der Waals surface area (Å²) in [5.74, 6) is 0. The van der Waals surface area contributed by atoms with Gasteiger partial charge in [0.15, 0.2) is 0 Å². The average Bonchev–Trinajstić information content (AvgIpc) is 1.93. The van der Waals surface area contributed by atoms with Gasteiger partial charge in [-0.15, -0.1) is 12.4 Å². The number of halogens is 2. The molecule has 0 aliphatic rings. The van der Waals surface area contributed by atoms with Crippen molar-refractivity contribution < 1.29 is 0 Å². The third-order valence-corrected chi connectivity index (χ3v) is 1.72. The highest BCUT2D eigenvalue weighted by Crippen LogP contribution is 2.10. The summed E-state index contributed by atoms with van der Waals surface area (Å²) in [6, 6.07) is 8.01. The van der Waals surface area contributed by atoms with Crippen LogP contribution in [0.3, 0.4) is 0 Å². The second-order valence-electron chi connectivity index (χ2n) is 2.81. The Kier molecular flexibility index (Phi) is 5.31. The highest BCUT2D eigenvalue weighted by atomic mass is 35.5. The molecule has 12 heavy (non-hydrogen) atoms. The molecule has 68 valence electrons. The molecule has 2 N–H and O–H groups in total. The summed E-state index contributed by atoms with van der Waals surface area (Å²) < 4.78 is 0. The quantitative estimate of drug-likeness (QED) is 0.790. The van der Waals surface area contributed by atoms with Crippen molar-refractivity contribution in [1.29, 1.82) is 0 Å². The second-order valence-corrected chi connectivity index (χ2v) is 3.24. The molecule has 1 aromatic carbocycles. The van der Waals surface area contributed by atoms with Gasteiger partial charge in [-0.25, -0.2) is 0 Å². The van der Waals surface area contributed by atoms with Crippen LogP contribution in [0.4, 0.5) is 0 Å². The first kappa shape index (κ1) is 11.8. The maximum absolute atomic E-state index is 5.72. The van der Waals surface area contributed by atoms with Crippen molar-refractivity contribution >= 4 is 24.0 Å². The van der Waals surface area contributed by atoms with Crippen molar-refractivity contribution in [3.05, 3.63) is 34.9 Å². The van der Waals surface area contributed by atoms with Gasteiger partial charge in [-0.2, -0.15) is 0 Å². The van der Waals surface area contributed by atoms with E-state index in [0.29, 0.717) is 0 Å². The smallest absolute Gasteiger partial charge is 0.0406 e. The molecule has 0 saturated carbocycles. The first-order valence-corrected chi connectivity index (χ1v) is 4.06. The Balaban J connectivity index is 0.00000121. The van der Waals surface area contributed by atoms with Gasteiger partial charge in [0.2, 0.25) is 0 Å². The third kappa shape index (κ3) is 3.96. The zero-order chi connectivity index (χ0) is 8.27. The van der Waals surface area contributed by atoms with E-state index in [1.807, 2.05) is 31.2 Å². The lowest BCUT2D eigenvalue weighted by molar-refractivity contribution is 0.738. The van der Waals surface area contributed by atoms with E-state index in [1.54, 1.807) is 0 Å². The Morgan fingerprint density at radius 3 is 2.25 bits per heavy atom. The highest BCUT2D eigenvalue weighted by molar-refractivity contribution is 6.30. The lowest BCUT2D eigenvalue weighted by atomic mass is 10.1. The van der Waals surface area contributed by atoms with E-state index in [1.165, 1.54) is 5.56 Å². The summed E-state index contributed by atoms with van der Waals surface area (Å²) >= 11 is 5.72. The van der Waals surface area contributed by atoms with Gasteiger partial charge in [0.25, 0.3) is 0 Å². The molecule has 0 aromatic heterocycles. The number of rotatable bonds is 2. The summed E-state index contributed by atoms with van der Waals surface area (Å²) in [5.41, 5.74) is 6.87. The Hall–Kier alpha value is -0.240. The van der Waals surface area contributed by atoms with Gasteiger partial charge in [0, 0.05) is 11.1 Å². The van der Waals surface area contributed by atoms with Crippen LogP contribution in [-0.2, 0) is 6.42 Å². The van der Waals surface area contributed by atoms with Crippen LogP contribution in [0.1, 0.15) is 12.5 Å². The van der Waals surface area contributed by atoms with E-state index in [0.717, 1.165) is 11.4 Å². The minimum absolute atomic E-state index is 0. The van der Waals surface area contributed by atoms with Gasteiger partial charge in [-0.3, -0.25) is 0 Å². The Labute approximate surface area is 84.3 Å². The second kappa shape index (κ2) is 5.41. The molecule has 3 heteroatoms. The van der Waals surface area contributed by atoms with Gasteiger partial charge in [-0.05, 0) is 31.0 Å². The normalized spacial score (nSPS) is 11.9. The molecule has 0 bridgehead atoms. The van der Waals surface area contributed by atoms with Crippen molar-refractivity contribution in [2.75, 3.05) is 0 Å². The predicted molar refractivity (Wildman–Crippen MR) is 56.1 cm³/mol. The van der Waals surface area contributed by atoms with Crippen LogP contribution >= 0.6 is 24.0 Å². The molecular formula is C9H13Cl2N. The van der Waals surface area contributed by atoms with Gasteiger partial charge in [-0.1, -0.05) is 23.7 Å². The van der Waals surface area contributed by atoms with E-state index in [9.17, 15) is 0 Å². The summed E-state index contributed by atoms with van der Waals surface area (Å²) in [4.78, 5) is 0. The lowest BCUT2D eigenvalue weighted by Gasteiger charge is -2.03. The van der Waals surface area contributed by atoms with E-state index in [4.69, 9.17) is 17.3 Å². The molecule has 0 spiro atoms. The maximum Gasteiger partial charge on any atom is 0.0406 e. The molecule has 1 aromatic rings. The molecule has 0 radical (unpaired) electrons. The van der Waals surface area contributed by atoms with Gasteiger partial charge < -0.3 is 5.73 Å². The minimum atomic E-state index is 0. The number of hydrogen-bond acceptors (Lipinski definition) is 1. The van der Waals surface area contributed by atoms with Crippen LogP contribution in [-0.4, -0.2) is 6.04 Å². The molecule has 1 atom stereocenters. The van der Waals surface area contributed by atoms with Crippen molar-refractivity contribution in [2.45, 2.75) is 19.4 Å². The first-order chi connectivity index (χ1) is 5.18. The van der Waals surface area contributed by atoms with Crippen LogP contribution in [0.15, 0.2) is 24.3 Å². The lowest BCUT2D eigenvalue weighted by Crippen LogP contribution is -2.17. The Bertz CT molecular complexity index is 218. The fourth-order valence-electron chi connectivity index (χ4n) is 0.992. The third-order valence-electron chi connectivity index (χ3n) is 1.47.